The molecule has 7 nitrogen and oxygen atoms in total. The molecule has 0 aliphatic carbocycles. The van der Waals surface area contributed by atoms with Crippen LogP contribution in [0.1, 0.15) is 0 Å². The van der Waals surface area contributed by atoms with E-state index in [-0.39, 0.29) is 11.6 Å². The number of hydrogen-bond acceptors (Lipinski definition) is 6. The highest BCUT2D eigenvalue weighted by atomic mass is 19.1. The maximum atomic E-state index is 13.6. The van der Waals surface area contributed by atoms with Gasteiger partial charge < -0.3 is 15.1 Å². The molecule has 0 unspecified atom stereocenters. The molecule has 0 saturated carbocycles. The number of benzene rings is 1. The lowest BCUT2D eigenvalue weighted by atomic mass is 10.3. The van der Waals surface area contributed by atoms with Crippen molar-refractivity contribution in [1.82, 2.24) is 20.1 Å². The number of halogens is 2. The molecule has 1 aliphatic rings. The van der Waals surface area contributed by atoms with Gasteiger partial charge in [-0.3, -0.25) is 4.79 Å². The van der Waals surface area contributed by atoms with Crippen molar-refractivity contribution in [1.29, 1.82) is 0 Å². The fourth-order valence-corrected chi connectivity index (χ4v) is 2.27. The Morgan fingerprint density at radius 3 is 2.65 bits per heavy atom. The number of rotatable bonds is 4. The average molecular weight is 320 g/mol. The van der Waals surface area contributed by atoms with Crippen LogP contribution in [-0.4, -0.2) is 52.7 Å². The maximum absolute atomic E-state index is 13.6. The van der Waals surface area contributed by atoms with Crippen LogP contribution in [0.5, 0.6) is 0 Å². The molecule has 9 heteroatoms. The van der Waals surface area contributed by atoms with E-state index in [1.54, 1.807) is 4.90 Å². The zero-order valence-electron chi connectivity index (χ0n) is 12.1. The normalized spacial score (nSPS) is 14.7. The Hall–Kier alpha value is -2.84. The zero-order chi connectivity index (χ0) is 16.2. The molecule has 0 radical (unpaired) electrons. The molecule has 1 N–H and O–H groups in total. The summed E-state index contributed by atoms with van der Waals surface area (Å²) in [4.78, 5) is 18.6. The van der Waals surface area contributed by atoms with Crippen LogP contribution in [0.3, 0.4) is 0 Å². The molecule has 2 aromatic rings. The van der Waals surface area contributed by atoms with Crippen LogP contribution in [-0.2, 0) is 4.79 Å². The van der Waals surface area contributed by atoms with E-state index >= 15 is 0 Å². The van der Waals surface area contributed by atoms with E-state index in [1.807, 2.05) is 4.90 Å². The van der Waals surface area contributed by atoms with Gasteiger partial charge in [0.15, 0.2) is 5.82 Å². The van der Waals surface area contributed by atoms with E-state index < -0.39 is 11.6 Å². The lowest BCUT2D eigenvalue weighted by Crippen LogP contribution is -2.46. The summed E-state index contributed by atoms with van der Waals surface area (Å²) in [6, 6.07) is 3.18. The molecule has 3 rings (SSSR count). The van der Waals surface area contributed by atoms with Crippen LogP contribution < -0.4 is 10.2 Å². The number of nitrogens with one attached hydrogen (secondary N) is 1. The smallest absolute Gasteiger partial charge is 0.249 e. The fraction of sp³-hybridized carbons (Fsp3) is 0.286. The Morgan fingerprint density at radius 1 is 1.17 bits per heavy atom. The molecule has 1 amide bonds. The monoisotopic (exact) mass is 320 g/mol. The van der Waals surface area contributed by atoms with E-state index in [0.717, 1.165) is 18.5 Å². The Labute approximate surface area is 130 Å². The highest BCUT2D eigenvalue weighted by Gasteiger charge is 2.17. The molecule has 1 fully saturated rings. The van der Waals surface area contributed by atoms with Crippen LogP contribution >= 0.6 is 0 Å². The highest BCUT2D eigenvalue weighted by Crippen LogP contribution is 2.20. The molecular weight excluding hydrogens is 306 g/mol. The Kier molecular flexibility index (Phi) is 4.26. The van der Waals surface area contributed by atoms with E-state index in [1.165, 1.54) is 12.3 Å². The lowest BCUT2D eigenvalue weighted by Gasteiger charge is -2.33. The second-order valence-electron chi connectivity index (χ2n) is 5.02. The zero-order valence-corrected chi connectivity index (χ0v) is 12.1. The summed E-state index contributed by atoms with van der Waals surface area (Å²) >= 11 is 0. The van der Waals surface area contributed by atoms with E-state index in [0.29, 0.717) is 32.0 Å². The minimum absolute atomic E-state index is 0.0659. The van der Waals surface area contributed by atoms with Gasteiger partial charge in [0.25, 0.3) is 0 Å². The molecule has 1 saturated heterocycles. The van der Waals surface area contributed by atoms with Crippen molar-refractivity contribution < 1.29 is 13.6 Å². The van der Waals surface area contributed by atoms with Crippen molar-refractivity contribution >= 4 is 23.9 Å². The molecule has 0 bridgehead atoms. The third-order valence-electron chi connectivity index (χ3n) is 3.51. The molecular formula is C14H14F2N6O. The van der Waals surface area contributed by atoms with Gasteiger partial charge in [-0.2, -0.15) is 10.1 Å². The van der Waals surface area contributed by atoms with Gasteiger partial charge >= 0.3 is 0 Å². The quantitative estimate of drug-likeness (QED) is 0.853. The van der Waals surface area contributed by atoms with Gasteiger partial charge in [0.05, 0.1) is 11.9 Å². The van der Waals surface area contributed by atoms with Crippen molar-refractivity contribution in [3.8, 4) is 0 Å². The summed E-state index contributed by atoms with van der Waals surface area (Å²) in [5, 5.41) is 10.3. The van der Waals surface area contributed by atoms with E-state index in [4.69, 9.17) is 0 Å². The SMILES string of the molecule is O=CN1CCN(c2cnnc(Nc3ccc(F)cc3F)n2)CC1. The molecule has 1 aromatic heterocycles. The van der Waals surface area contributed by atoms with Crippen molar-refractivity contribution in [3.05, 3.63) is 36.0 Å². The van der Waals surface area contributed by atoms with Gasteiger partial charge in [0, 0.05) is 32.2 Å². The standard InChI is InChI=1S/C14H14F2N6O/c15-10-1-2-12(11(16)7-10)18-14-19-13(8-17-20-14)22-5-3-21(9-23)4-6-22/h1-2,7-9H,3-6H2,(H,18,19,20). The summed E-state index contributed by atoms with van der Waals surface area (Å²) in [5.41, 5.74) is 0.0659. The number of anilines is 3. The maximum Gasteiger partial charge on any atom is 0.249 e. The van der Waals surface area contributed by atoms with Crippen LogP contribution in [0.25, 0.3) is 0 Å². The van der Waals surface area contributed by atoms with Gasteiger partial charge in [0.1, 0.15) is 11.6 Å². The van der Waals surface area contributed by atoms with Gasteiger partial charge in [-0.15, -0.1) is 5.10 Å². The number of amides is 1. The molecule has 1 aromatic carbocycles. The van der Waals surface area contributed by atoms with Crippen molar-refractivity contribution in [2.75, 3.05) is 36.4 Å². The second-order valence-corrected chi connectivity index (χ2v) is 5.02. The van der Waals surface area contributed by atoms with Gasteiger partial charge in [-0.1, -0.05) is 0 Å². The number of hydrogen-bond donors (Lipinski definition) is 1. The minimum Gasteiger partial charge on any atom is -0.352 e. The third kappa shape index (κ3) is 3.50. The van der Waals surface area contributed by atoms with Gasteiger partial charge in [-0.05, 0) is 12.1 Å². The lowest BCUT2D eigenvalue weighted by molar-refractivity contribution is -0.118. The number of carbonyl (C=O) groups is 1. The summed E-state index contributed by atoms with van der Waals surface area (Å²) in [7, 11) is 0. The molecule has 23 heavy (non-hydrogen) atoms. The summed E-state index contributed by atoms with van der Waals surface area (Å²) in [6.07, 6.45) is 2.32. The molecule has 1 aliphatic heterocycles. The Bertz CT molecular complexity index is 705. The van der Waals surface area contributed by atoms with E-state index in [2.05, 4.69) is 20.5 Å². The molecule has 0 atom stereocenters. The van der Waals surface area contributed by atoms with Gasteiger partial charge in [-0.25, -0.2) is 8.78 Å². The predicted octanol–water partition coefficient (Wildman–Crippen LogP) is 1.17. The number of aromatic nitrogens is 3. The van der Waals surface area contributed by atoms with Crippen molar-refractivity contribution in [3.63, 3.8) is 0 Å². The molecule has 2 heterocycles. The second kappa shape index (κ2) is 6.51. The average Bonchev–Trinajstić information content (AvgIpc) is 2.58. The number of nitrogens with zero attached hydrogens (tertiary/aromatic N) is 5. The highest BCUT2D eigenvalue weighted by molar-refractivity contribution is 5.55. The summed E-state index contributed by atoms with van der Waals surface area (Å²) in [6.45, 7) is 2.45. The Balaban J connectivity index is 1.74. The number of carbonyl (C=O) groups excluding carboxylic acids is 1. The first-order chi connectivity index (χ1) is 11.2. The minimum atomic E-state index is -0.737. The fourth-order valence-electron chi connectivity index (χ4n) is 2.27. The first kappa shape index (κ1) is 15.1. The summed E-state index contributed by atoms with van der Waals surface area (Å²) < 4.78 is 26.6. The number of piperazine rings is 1. The topological polar surface area (TPSA) is 74.2 Å². The largest absolute Gasteiger partial charge is 0.352 e. The van der Waals surface area contributed by atoms with Crippen molar-refractivity contribution in [2.24, 2.45) is 0 Å². The van der Waals surface area contributed by atoms with Crippen LogP contribution in [0.15, 0.2) is 24.4 Å². The van der Waals surface area contributed by atoms with E-state index in [9.17, 15) is 13.6 Å². The first-order valence-electron chi connectivity index (χ1n) is 7.02. The Morgan fingerprint density at radius 2 is 1.96 bits per heavy atom. The summed E-state index contributed by atoms with van der Waals surface area (Å²) in [5.74, 6) is -0.700. The molecule has 0 spiro atoms. The van der Waals surface area contributed by atoms with Crippen molar-refractivity contribution in [2.45, 2.75) is 0 Å². The van der Waals surface area contributed by atoms with Crippen LogP contribution in [0, 0.1) is 11.6 Å². The third-order valence-corrected chi connectivity index (χ3v) is 3.51. The van der Waals surface area contributed by atoms with Crippen LogP contribution in [0.2, 0.25) is 0 Å². The molecule has 120 valence electrons. The van der Waals surface area contributed by atoms with Gasteiger partial charge in [0.2, 0.25) is 12.4 Å². The van der Waals surface area contributed by atoms with Crippen LogP contribution in [0.4, 0.5) is 26.2 Å². The predicted molar refractivity (Wildman–Crippen MR) is 79.3 cm³/mol. The first-order valence-corrected chi connectivity index (χ1v) is 7.02.